The average molecular weight is 361 g/mol. The van der Waals surface area contributed by atoms with E-state index in [-0.39, 0.29) is 0 Å². The number of carbonyl (C=O) groups excluding carboxylic acids is 1. The molecule has 0 amide bonds. The zero-order chi connectivity index (χ0) is 17.9. The summed E-state index contributed by atoms with van der Waals surface area (Å²) in [5.41, 5.74) is 2.46. The van der Waals surface area contributed by atoms with Gasteiger partial charge in [-0.2, -0.15) is 5.10 Å². The van der Waals surface area contributed by atoms with Crippen molar-refractivity contribution in [1.82, 2.24) is 20.2 Å². The molecule has 0 saturated heterocycles. The Bertz CT molecular complexity index is 1070. The summed E-state index contributed by atoms with van der Waals surface area (Å²) < 4.78 is 0. The SMILES string of the molecule is Cc1cc(Nc2nc(Sc3ccc(C=O)cc3)nc3ccccc23)n[nH]1. The fourth-order valence-electron chi connectivity index (χ4n) is 2.52. The minimum atomic E-state index is 0.623. The lowest BCUT2D eigenvalue weighted by molar-refractivity contribution is 0.112. The van der Waals surface area contributed by atoms with Crippen LogP contribution in [0.4, 0.5) is 11.6 Å². The van der Waals surface area contributed by atoms with Crippen LogP contribution in [0, 0.1) is 6.92 Å². The van der Waals surface area contributed by atoms with Gasteiger partial charge in [-0.05, 0) is 43.0 Å². The molecule has 2 aromatic carbocycles. The number of carbonyl (C=O) groups is 1. The molecule has 0 aliphatic rings. The van der Waals surface area contributed by atoms with E-state index in [1.807, 2.05) is 49.4 Å². The molecule has 0 aliphatic carbocycles. The van der Waals surface area contributed by atoms with E-state index in [9.17, 15) is 4.79 Å². The van der Waals surface area contributed by atoms with Crippen molar-refractivity contribution in [3.8, 4) is 0 Å². The quantitative estimate of drug-likeness (QED) is 0.406. The van der Waals surface area contributed by atoms with E-state index < -0.39 is 0 Å². The summed E-state index contributed by atoms with van der Waals surface area (Å²) in [6, 6.07) is 17.1. The third kappa shape index (κ3) is 3.43. The van der Waals surface area contributed by atoms with Gasteiger partial charge in [-0.15, -0.1) is 0 Å². The van der Waals surface area contributed by atoms with E-state index >= 15 is 0 Å². The number of rotatable bonds is 5. The molecule has 0 saturated carbocycles. The molecule has 7 heteroatoms. The van der Waals surface area contributed by atoms with Gasteiger partial charge in [0, 0.05) is 27.6 Å². The van der Waals surface area contributed by atoms with Crippen molar-refractivity contribution in [2.45, 2.75) is 17.0 Å². The maximum absolute atomic E-state index is 10.8. The zero-order valence-electron chi connectivity index (χ0n) is 13.9. The number of nitrogens with one attached hydrogen (secondary N) is 2. The summed E-state index contributed by atoms with van der Waals surface area (Å²) >= 11 is 1.45. The minimum Gasteiger partial charge on any atom is -0.323 e. The number of aldehydes is 1. The Morgan fingerprint density at radius 3 is 2.62 bits per heavy atom. The zero-order valence-corrected chi connectivity index (χ0v) is 14.7. The second kappa shape index (κ2) is 6.97. The maximum Gasteiger partial charge on any atom is 0.195 e. The maximum atomic E-state index is 10.8. The number of hydrogen-bond acceptors (Lipinski definition) is 6. The van der Waals surface area contributed by atoms with E-state index in [2.05, 4.69) is 25.5 Å². The van der Waals surface area contributed by atoms with Crippen molar-refractivity contribution in [2.24, 2.45) is 0 Å². The highest BCUT2D eigenvalue weighted by Gasteiger charge is 2.10. The number of aromatic nitrogens is 4. The topological polar surface area (TPSA) is 83.6 Å². The second-order valence-electron chi connectivity index (χ2n) is 5.72. The van der Waals surface area contributed by atoms with Gasteiger partial charge in [-0.3, -0.25) is 9.89 Å². The number of para-hydroxylation sites is 1. The molecule has 6 nitrogen and oxygen atoms in total. The van der Waals surface area contributed by atoms with Gasteiger partial charge in [0.15, 0.2) is 11.0 Å². The van der Waals surface area contributed by atoms with Gasteiger partial charge in [0.1, 0.15) is 12.1 Å². The van der Waals surface area contributed by atoms with Gasteiger partial charge in [-0.25, -0.2) is 9.97 Å². The largest absolute Gasteiger partial charge is 0.323 e. The van der Waals surface area contributed by atoms with Gasteiger partial charge in [0.25, 0.3) is 0 Å². The highest BCUT2D eigenvalue weighted by Crippen LogP contribution is 2.30. The van der Waals surface area contributed by atoms with Crippen molar-refractivity contribution in [1.29, 1.82) is 0 Å². The van der Waals surface area contributed by atoms with Crippen LogP contribution in [0.25, 0.3) is 10.9 Å². The molecule has 0 aliphatic heterocycles. The van der Waals surface area contributed by atoms with Crippen molar-refractivity contribution in [3.05, 3.63) is 65.9 Å². The van der Waals surface area contributed by atoms with Gasteiger partial charge in [-0.1, -0.05) is 24.3 Å². The summed E-state index contributed by atoms with van der Waals surface area (Å²) in [4.78, 5) is 21.1. The number of nitrogens with zero attached hydrogens (tertiary/aromatic N) is 3. The van der Waals surface area contributed by atoms with Crippen molar-refractivity contribution >= 4 is 40.6 Å². The molecule has 2 N–H and O–H groups in total. The van der Waals surface area contributed by atoms with Crippen molar-refractivity contribution in [2.75, 3.05) is 5.32 Å². The normalized spacial score (nSPS) is 10.8. The fourth-order valence-corrected chi connectivity index (χ4v) is 3.28. The number of fused-ring (bicyclic) bond motifs is 1. The summed E-state index contributed by atoms with van der Waals surface area (Å²) in [7, 11) is 0. The van der Waals surface area contributed by atoms with Crippen LogP contribution in [-0.4, -0.2) is 26.5 Å². The van der Waals surface area contributed by atoms with Crippen LogP contribution in [0.15, 0.2) is 64.6 Å². The van der Waals surface area contributed by atoms with Crippen LogP contribution < -0.4 is 5.32 Å². The van der Waals surface area contributed by atoms with Crippen LogP contribution in [-0.2, 0) is 0 Å². The number of H-pyrrole nitrogens is 1. The molecule has 0 bridgehead atoms. The number of aryl methyl sites for hydroxylation is 1. The fraction of sp³-hybridized carbons (Fsp3) is 0.0526. The molecule has 0 fully saturated rings. The first-order valence-electron chi connectivity index (χ1n) is 8.00. The molecule has 2 aromatic heterocycles. The first kappa shape index (κ1) is 16.3. The lowest BCUT2D eigenvalue weighted by Crippen LogP contribution is -1.99. The predicted octanol–water partition coefficient (Wildman–Crippen LogP) is 4.37. The van der Waals surface area contributed by atoms with Crippen molar-refractivity contribution in [3.63, 3.8) is 0 Å². The highest BCUT2D eigenvalue weighted by atomic mass is 32.2. The Labute approximate surface area is 154 Å². The number of anilines is 2. The molecule has 4 aromatic rings. The highest BCUT2D eigenvalue weighted by molar-refractivity contribution is 7.99. The Balaban J connectivity index is 1.71. The molecule has 2 heterocycles. The van der Waals surface area contributed by atoms with Crippen LogP contribution in [0.3, 0.4) is 0 Å². The Kier molecular flexibility index (Phi) is 4.37. The first-order valence-corrected chi connectivity index (χ1v) is 8.82. The summed E-state index contributed by atoms with van der Waals surface area (Å²) in [5.74, 6) is 1.41. The first-order chi connectivity index (χ1) is 12.7. The lowest BCUT2D eigenvalue weighted by Gasteiger charge is -2.09. The van der Waals surface area contributed by atoms with E-state index in [1.165, 1.54) is 11.8 Å². The van der Waals surface area contributed by atoms with Crippen LogP contribution >= 0.6 is 11.8 Å². The molecule has 26 heavy (non-hydrogen) atoms. The van der Waals surface area contributed by atoms with Gasteiger partial charge in [0.2, 0.25) is 0 Å². The number of aromatic amines is 1. The molecule has 0 unspecified atom stereocenters. The third-order valence-corrected chi connectivity index (χ3v) is 4.63. The second-order valence-corrected chi connectivity index (χ2v) is 6.76. The van der Waals surface area contributed by atoms with E-state index in [0.29, 0.717) is 22.4 Å². The molecule has 0 radical (unpaired) electrons. The molecule has 0 atom stereocenters. The van der Waals surface area contributed by atoms with Gasteiger partial charge < -0.3 is 5.32 Å². The smallest absolute Gasteiger partial charge is 0.195 e. The van der Waals surface area contributed by atoms with Gasteiger partial charge >= 0.3 is 0 Å². The summed E-state index contributed by atoms with van der Waals surface area (Å²) in [5, 5.41) is 11.9. The lowest BCUT2D eigenvalue weighted by atomic mass is 10.2. The number of benzene rings is 2. The monoisotopic (exact) mass is 361 g/mol. The van der Waals surface area contributed by atoms with Gasteiger partial charge in [0.05, 0.1) is 5.52 Å². The average Bonchev–Trinajstić information content (AvgIpc) is 3.07. The summed E-state index contributed by atoms with van der Waals surface area (Å²) in [6.07, 6.45) is 0.828. The molecular formula is C19H15N5OS. The Morgan fingerprint density at radius 1 is 1.08 bits per heavy atom. The predicted molar refractivity (Wildman–Crippen MR) is 102 cm³/mol. The molecular weight excluding hydrogens is 346 g/mol. The molecule has 4 rings (SSSR count). The minimum absolute atomic E-state index is 0.623. The summed E-state index contributed by atoms with van der Waals surface area (Å²) in [6.45, 7) is 1.94. The third-order valence-electron chi connectivity index (χ3n) is 3.76. The van der Waals surface area contributed by atoms with Crippen molar-refractivity contribution < 1.29 is 4.79 Å². The standard InChI is InChI=1S/C19H15N5OS/c1-12-10-17(24-23-12)21-18-15-4-2-3-5-16(15)20-19(22-18)26-14-8-6-13(11-25)7-9-14/h2-11H,1H3,(H2,20,21,22,23,24). The van der Waals surface area contributed by atoms with E-state index in [0.717, 1.165) is 27.8 Å². The molecule has 128 valence electrons. The Hall–Kier alpha value is -3.19. The molecule has 0 spiro atoms. The Morgan fingerprint density at radius 2 is 1.88 bits per heavy atom. The van der Waals surface area contributed by atoms with E-state index in [1.54, 1.807) is 12.1 Å². The van der Waals surface area contributed by atoms with Crippen LogP contribution in [0.1, 0.15) is 16.1 Å². The van der Waals surface area contributed by atoms with Crippen LogP contribution in [0.2, 0.25) is 0 Å². The van der Waals surface area contributed by atoms with Crippen LogP contribution in [0.5, 0.6) is 0 Å². The van der Waals surface area contributed by atoms with E-state index in [4.69, 9.17) is 0 Å². The number of hydrogen-bond donors (Lipinski definition) is 2.